The molecule has 7 heteroatoms. The number of benzene rings is 2. The van der Waals surface area contributed by atoms with Gasteiger partial charge in [-0.3, -0.25) is 18.7 Å². The number of nitrogens with zero attached hydrogens (tertiary/aromatic N) is 5. The third-order valence-electron chi connectivity index (χ3n) is 5.79. The minimum absolute atomic E-state index is 0.0576. The summed E-state index contributed by atoms with van der Waals surface area (Å²) in [6.45, 7) is 0.756. The van der Waals surface area contributed by atoms with Gasteiger partial charge in [-0.2, -0.15) is 0 Å². The lowest BCUT2D eigenvalue weighted by molar-refractivity contribution is 0.593. The summed E-state index contributed by atoms with van der Waals surface area (Å²) in [4.78, 5) is 37.4. The van der Waals surface area contributed by atoms with Crippen molar-refractivity contribution < 1.29 is 0 Å². The first kappa shape index (κ1) is 17.6. The van der Waals surface area contributed by atoms with Crippen molar-refractivity contribution in [1.82, 2.24) is 19.1 Å². The molecule has 1 aliphatic rings. The summed E-state index contributed by atoms with van der Waals surface area (Å²) in [6, 6.07) is 14.7. The second kappa shape index (κ2) is 6.55. The van der Waals surface area contributed by atoms with Crippen molar-refractivity contribution in [2.45, 2.75) is 18.9 Å². The number of rotatable bonds is 2. The molecule has 0 bridgehead atoms. The van der Waals surface area contributed by atoms with Crippen molar-refractivity contribution in [3.05, 3.63) is 75.1 Å². The molecule has 4 aromatic rings. The second-order valence-electron chi connectivity index (χ2n) is 7.50. The van der Waals surface area contributed by atoms with Crippen LogP contribution in [0.15, 0.2) is 58.1 Å². The van der Waals surface area contributed by atoms with Crippen molar-refractivity contribution in [2.75, 3.05) is 11.4 Å². The number of anilines is 1. The van der Waals surface area contributed by atoms with Gasteiger partial charge in [-0.05, 0) is 37.1 Å². The first-order chi connectivity index (χ1) is 14.1. The summed E-state index contributed by atoms with van der Waals surface area (Å²) in [6.07, 6.45) is 1.79. The highest BCUT2D eigenvalue weighted by molar-refractivity contribution is 5.79. The maximum Gasteiger partial charge on any atom is 0.262 e. The molecule has 2 aromatic carbocycles. The van der Waals surface area contributed by atoms with E-state index in [1.807, 2.05) is 36.4 Å². The van der Waals surface area contributed by atoms with E-state index in [0.717, 1.165) is 19.4 Å². The van der Waals surface area contributed by atoms with Gasteiger partial charge >= 0.3 is 0 Å². The lowest BCUT2D eigenvalue weighted by Crippen LogP contribution is -2.34. The van der Waals surface area contributed by atoms with Crippen LogP contribution in [0.25, 0.3) is 21.8 Å². The molecule has 0 N–H and O–H groups in total. The standard InChI is InChI=1S/C22H21N5O2/c1-25-19(23-16-10-5-3-8-14(16)20(25)28)18-12-7-13-27(18)22-24-17-11-6-4-9-15(17)21(29)26(22)2/h3-6,8-11,18H,7,12-13H2,1-2H3. The van der Waals surface area contributed by atoms with Crippen LogP contribution in [0.1, 0.15) is 24.7 Å². The maximum atomic E-state index is 12.9. The summed E-state index contributed by atoms with van der Waals surface area (Å²) < 4.78 is 3.23. The van der Waals surface area contributed by atoms with Gasteiger partial charge < -0.3 is 4.90 Å². The van der Waals surface area contributed by atoms with Crippen LogP contribution in [0.4, 0.5) is 5.95 Å². The summed E-state index contributed by atoms with van der Waals surface area (Å²) in [5.41, 5.74) is 1.24. The predicted molar refractivity (Wildman–Crippen MR) is 113 cm³/mol. The molecule has 1 aliphatic heterocycles. The number of hydrogen-bond acceptors (Lipinski definition) is 5. The largest absolute Gasteiger partial charge is 0.332 e. The van der Waals surface area contributed by atoms with Crippen molar-refractivity contribution in [3.8, 4) is 0 Å². The summed E-state index contributed by atoms with van der Waals surface area (Å²) >= 11 is 0. The van der Waals surface area contributed by atoms with Crippen LogP contribution >= 0.6 is 0 Å². The van der Waals surface area contributed by atoms with E-state index >= 15 is 0 Å². The lowest BCUT2D eigenvalue weighted by Gasteiger charge is -2.28. The van der Waals surface area contributed by atoms with Crippen LogP contribution < -0.4 is 16.0 Å². The monoisotopic (exact) mass is 387 g/mol. The average Bonchev–Trinajstić information content (AvgIpc) is 3.22. The molecule has 0 spiro atoms. The van der Waals surface area contributed by atoms with Gasteiger partial charge in [0.15, 0.2) is 0 Å². The zero-order valence-electron chi connectivity index (χ0n) is 16.4. The van der Waals surface area contributed by atoms with E-state index in [9.17, 15) is 9.59 Å². The smallest absolute Gasteiger partial charge is 0.262 e. The summed E-state index contributed by atoms with van der Waals surface area (Å²) in [7, 11) is 3.51. The Morgan fingerprint density at radius 1 is 0.828 bits per heavy atom. The van der Waals surface area contributed by atoms with E-state index in [-0.39, 0.29) is 17.2 Å². The van der Waals surface area contributed by atoms with Crippen molar-refractivity contribution in [3.63, 3.8) is 0 Å². The van der Waals surface area contributed by atoms with Gasteiger partial charge in [0.25, 0.3) is 11.1 Å². The molecule has 1 atom stereocenters. The Bertz CT molecular complexity index is 1270. The Kier molecular flexibility index (Phi) is 3.97. The Balaban J connectivity index is 1.69. The molecule has 0 saturated carbocycles. The zero-order chi connectivity index (χ0) is 20.1. The molecule has 1 unspecified atom stereocenters. The zero-order valence-corrected chi connectivity index (χ0v) is 16.4. The van der Waals surface area contributed by atoms with Gasteiger partial charge in [-0.25, -0.2) is 9.97 Å². The third-order valence-corrected chi connectivity index (χ3v) is 5.79. The third kappa shape index (κ3) is 2.65. The van der Waals surface area contributed by atoms with Crippen LogP contribution in [-0.4, -0.2) is 25.6 Å². The number of para-hydroxylation sites is 2. The molecule has 7 nitrogen and oxygen atoms in total. The molecule has 3 heterocycles. The van der Waals surface area contributed by atoms with E-state index < -0.39 is 0 Å². The molecule has 0 radical (unpaired) electrons. The summed E-state index contributed by atoms with van der Waals surface area (Å²) in [5.74, 6) is 1.31. The van der Waals surface area contributed by atoms with Gasteiger partial charge in [0.1, 0.15) is 5.82 Å². The highest BCUT2D eigenvalue weighted by Crippen LogP contribution is 2.34. The molecule has 1 fully saturated rings. The molecular weight excluding hydrogens is 366 g/mol. The van der Waals surface area contributed by atoms with E-state index in [1.54, 1.807) is 35.4 Å². The molecule has 5 rings (SSSR count). The van der Waals surface area contributed by atoms with Crippen LogP contribution in [0.5, 0.6) is 0 Å². The highest BCUT2D eigenvalue weighted by atomic mass is 16.1. The van der Waals surface area contributed by atoms with Crippen LogP contribution in [-0.2, 0) is 14.1 Å². The Morgan fingerprint density at radius 3 is 2.10 bits per heavy atom. The van der Waals surface area contributed by atoms with E-state index in [0.29, 0.717) is 33.6 Å². The van der Waals surface area contributed by atoms with E-state index in [1.165, 1.54) is 0 Å². The first-order valence-corrected chi connectivity index (χ1v) is 9.74. The van der Waals surface area contributed by atoms with E-state index in [4.69, 9.17) is 9.97 Å². The molecule has 0 aliphatic carbocycles. The van der Waals surface area contributed by atoms with E-state index in [2.05, 4.69) is 4.90 Å². The van der Waals surface area contributed by atoms with Crippen LogP contribution in [0.3, 0.4) is 0 Å². The molecule has 146 valence electrons. The van der Waals surface area contributed by atoms with Gasteiger partial charge in [0.05, 0.1) is 27.8 Å². The van der Waals surface area contributed by atoms with Crippen molar-refractivity contribution in [1.29, 1.82) is 0 Å². The Hall–Kier alpha value is -3.48. The fourth-order valence-corrected chi connectivity index (χ4v) is 4.27. The molecular formula is C22H21N5O2. The maximum absolute atomic E-state index is 12.9. The molecule has 29 heavy (non-hydrogen) atoms. The molecule has 0 amide bonds. The van der Waals surface area contributed by atoms with Gasteiger partial charge in [0.2, 0.25) is 5.95 Å². The molecule has 1 saturated heterocycles. The quantitative estimate of drug-likeness (QED) is 0.528. The second-order valence-corrected chi connectivity index (χ2v) is 7.50. The van der Waals surface area contributed by atoms with Gasteiger partial charge in [-0.1, -0.05) is 24.3 Å². The number of aromatic nitrogens is 4. The highest BCUT2D eigenvalue weighted by Gasteiger charge is 2.32. The summed E-state index contributed by atoms with van der Waals surface area (Å²) in [5, 5.41) is 1.21. The fraction of sp³-hybridized carbons (Fsp3) is 0.273. The first-order valence-electron chi connectivity index (χ1n) is 9.74. The Morgan fingerprint density at radius 2 is 1.41 bits per heavy atom. The van der Waals surface area contributed by atoms with Gasteiger partial charge in [-0.15, -0.1) is 0 Å². The van der Waals surface area contributed by atoms with Crippen LogP contribution in [0, 0.1) is 0 Å². The predicted octanol–water partition coefficient (Wildman–Crippen LogP) is 2.52. The number of fused-ring (bicyclic) bond motifs is 2. The molecule has 2 aromatic heterocycles. The lowest BCUT2D eigenvalue weighted by atomic mass is 10.1. The number of hydrogen-bond donors (Lipinski definition) is 0. The normalized spacial score (nSPS) is 16.8. The van der Waals surface area contributed by atoms with Crippen molar-refractivity contribution >= 4 is 27.8 Å². The van der Waals surface area contributed by atoms with Crippen LogP contribution in [0.2, 0.25) is 0 Å². The SMILES string of the molecule is Cn1c(C2CCCN2c2nc3ccccc3c(=O)n2C)nc2ccccc2c1=O. The topological polar surface area (TPSA) is 73.0 Å². The van der Waals surface area contributed by atoms with Crippen molar-refractivity contribution in [2.24, 2.45) is 14.1 Å². The minimum atomic E-state index is -0.114. The minimum Gasteiger partial charge on any atom is -0.332 e. The average molecular weight is 387 g/mol. The fourth-order valence-electron chi connectivity index (χ4n) is 4.27. The Labute approximate surface area is 166 Å². The van der Waals surface area contributed by atoms with Gasteiger partial charge in [0, 0.05) is 20.6 Å².